The Labute approximate surface area is 168 Å². The molecule has 0 aliphatic heterocycles. The highest BCUT2D eigenvalue weighted by Crippen LogP contribution is 2.27. The van der Waals surface area contributed by atoms with Crippen LogP contribution < -0.4 is 5.32 Å². The number of carbonyl (C=O) groups is 1. The van der Waals surface area contributed by atoms with E-state index < -0.39 is 0 Å². The van der Waals surface area contributed by atoms with Gasteiger partial charge in [0.1, 0.15) is 0 Å². The van der Waals surface area contributed by atoms with E-state index in [1.165, 1.54) is 18.0 Å². The lowest BCUT2D eigenvalue weighted by molar-refractivity contribution is 0.0929. The molecule has 8 heteroatoms. The summed E-state index contributed by atoms with van der Waals surface area (Å²) in [6, 6.07) is 7.66. The number of halogens is 2. The molecule has 1 atom stereocenters. The molecule has 0 aliphatic carbocycles. The Balaban J connectivity index is 2.22. The van der Waals surface area contributed by atoms with Gasteiger partial charge in [0.2, 0.25) is 0 Å². The fraction of sp³-hybridized carbons (Fsp3) is 0.389. The molecule has 1 N–H and O–H groups in total. The van der Waals surface area contributed by atoms with E-state index in [9.17, 15) is 4.79 Å². The Morgan fingerprint density at radius 1 is 1.23 bits per heavy atom. The van der Waals surface area contributed by atoms with Crippen LogP contribution >= 0.6 is 35.0 Å². The van der Waals surface area contributed by atoms with Crippen molar-refractivity contribution in [1.82, 2.24) is 20.2 Å². The number of rotatable bonds is 8. The number of thioether (sulfide) groups is 1. The predicted octanol–water partition coefficient (Wildman–Crippen LogP) is 4.32. The van der Waals surface area contributed by atoms with E-state index in [2.05, 4.69) is 34.0 Å². The van der Waals surface area contributed by atoms with Crippen molar-refractivity contribution in [2.45, 2.75) is 25.0 Å². The van der Waals surface area contributed by atoms with E-state index in [1.807, 2.05) is 30.5 Å². The predicted molar refractivity (Wildman–Crippen MR) is 108 cm³/mol. The number of carbonyl (C=O) groups excluding carboxylic acids is 1. The summed E-state index contributed by atoms with van der Waals surface area (Å²) in [4.78, 5) is 23.1. The van der Waals surface area contributed by atoms with Crippen molar-refractivity contribution < 1.29 is 4.79 Å². The summed E-state index contributed by atoms with van der Waals surface area (Å²) in [6.07, 6.45) is 3.30. The molecule has 0 bridgehead atoms. The van der Waals surface area contributed by atoms with Crippen LogP contribution in [0.2, 0.25) is 10.0 Å². The third-order valence-electron chi connectivity index (χ3n) is 4.09. The smallest absolute Gasteiger partial charge is 0.271 e. The Morgan fingerprint density at radius 3 is 2.54 bits per heavy atom. The molecule has 1 aromatic carbocycles. The minimum atomic E-state index is -0.322. The SMILES string of the molecule is CCN(CC)C(CNC(=O)c1nc(SC)ncc1Cl)c1ccccc1Cl. The van der Waals surface area contributed by atoms with E-state index in [0.717, 1.165) is 18.7 Å². The number of nitrogens with zero attached hydrogens (tertiary/aromatic N) is 3. The van der Waals surface area contributed by atoms with Crippen LogP contribution in [0.5, 0.6) is 0 Å². The van der Waals surface area contributed by atoms with E-state index in [0.29, 0.717) is 16.7 Å². The zero-order chi connectivity index (χ0) is 19.1. The van der Waals surface area contributed by atoms with Crippen molar-refractivity contribution in [2.24, 2.45) is 0 Å². The highest BCUT2D eigenvalue weighted by atomic mass is 35.5. The van der Waals surface area contributed by atoms with Crippen LogP contribution in [-0.2, 0) is 0 Å². The van der Waals surface area contributed by atoms with E-state index in [1.54, 1.807) is 0 Å². The maximum Gasteiger partial charge on any atom is 0.271 e. The Kier molecular flexibility index (Phi) is 8.15. The second kappa shape index (κ2) is 10.1. The normalized spacial score (nSPS) is 12.2. The lowest BCUT2D eigenvalue weighted by atomic mass is 10.0. The Morgan fingerprint density at radius 2 is 1.92 bits per heavy atom. The molecule has 140 valence electrons. The third-order valence-corrected chi connectivity index (χ3v) is 5.28. The lowest BCUT2D eigenvalue weighted by Crippen LogP contribution is -2.38. The second-order valence-corrected chi connectivity index (χ2v) is 7.11. The van der Waals surface area contributed by atoms with Gasteiger partial charge in [-0.15, -0.1) is 0 Å². The van der Waals surface area contributed by atoms with Crippen molar-refractivity contribution in [2.75, 3.05) is 25.9 Å². The fourth-order valence-corrected chi connectivity index (χ4v) is 3.51. The van der Waals surface area contributed by atoms with Crippen LogP contribution in [0.25, 0.3) is 0 Å². The molecule has 5 nitrogen and oxygen atoms in total. The van der Waals surface area contributed by atoms with Gasteiger partial charge in [0.25, 0.3) is 5.91 Å². The van der Waals surface area contributed by atoms with Crippen molar-refractivity contribution in [3.8, 4) is 0 Å². The number of amides is 1. The van der Waals surface area contributed by atoms with Gasteiger partial charge in [-0.25, -0.2) is 9.97 Å². The van der Waals surface area contributed by atoms with Gasteiger partial charge in [-0.1, -0.05) is 67.0 Å². The van der Waals surface area contributed by atoms with Crippen molar-refractivity contribution >= 4 is 40.9 Å². The average Bonchev–Trinajstić information content (AvgIpc) is 2.66. The molecular weight excluding hydrogens is 391 g/mol. The van der Waals surface area contributed by atoms with Gasteiger partial charge in [0.05, 0.1) is 17.3 Å². The van der Waals surface area contributed by atoms with Gasteiger partial charge >= 0.3 is 0 Å². The molecule has 1 aromatic heterocycles. The first kappa shape index (κ1) is 21.0. The van der Waals surface area contributed by atoms with Crippen molar-refractivity contribution in [3.05, 3.63) is 51.8 Å². The van der Waals surface area contributed by atoms with Crippen LogP contribution in [0, 0.1) is 0 Å². The molecule has 26 heavy (non-hydrogen) atoms. The van der Waals surface area contributed by atoms with Gasteiger partial charge in [-0.3, -0.25) is 9.69 Å². The molecule has 2 rings (SSSR count). The number of likely N-dealkylation sites (N-methyl/N-ethyl adjacent to an activating group) is 1. The molecule has 1 heterocycles. The maximum atomic E-state index is 12.6. The molecule has 0 fully saturated rings. The molecule has 2 aromatic rings. The zero-order valence-corrected chi connectivity index (χ0v) is 17.3. The van der Waals surface area contributed by atoms with Gasteiger partial charge in [-0.2, -0.15) is 0 Å². The monoisotopic (exact) mass is 412 g/mol. The van der Waals surface area contributed by atoms with E-state index >= 15 is 0 Å². The summed E-state index contributed by atoms with van der Waals surface area (Å²) in [5, 5.41) is 4.37. The third kappa shape index (κ3) is 5.10. The van der Waals surface area contributed by atoms with Crippen LogP contribution in [0.15, 0.2) is 35.6 Å². The number of benzene rings is 1. The number of nitrogens with one attached hydrogen (secondary N) is 1. The fourth-order valence-electron chi connectivity index (χ4n) is 2.73. The summed E-state index contributed by atoms with van der Waals surface area (Å²) in [5.41, 5.74) is 1.17. The van der Waals surface area contributed by atoms with E-state index in [-0.39, 0.29) is 22.7 Å². The van der Waals surface area contributed by atoms with Crippen LogP contribution in [0.4, 0.5) is 0 Å². The average molecular weight is 413 g/mol. The van der Waals surface area contributed by atoms with Gasteiger partial charge in [0, 0.05) is 11.6 Å². The molecule has 0 aliphatic rings. The summed E-state index contributed by atoms with van der Waals surface area (Å²) < 4.78 is 0. The minimum Gasteiger partial charge on any atom is -0.349 e. The first-order chi connectivity index (χ1) is 12.5. The Bertz CT molecular complexity index is 756. The largest absolute Gasteiger partial charge is 0.349 e. The summed E-state index contributed by atoms with van der Waals surface area (Å²) in [6.45, 7) is 6.25. The minimum absolute atomic E-state index is 0.0386. The number of hydrogen-bond donors (Lipinski definition) is 1. The highest BCUT2D eigenvalue weighted by molar-refractivity contribution is 7.98. The maximum absolute atomic E-state index is 12.6. The second-order valence-electron chi connectivity index (χ2n) is 5.52. The highest BCUT2D eigenvalue weighted by Gasteiger charge is 2.22. The molecule has 0 spiro atoms. The topological polar surface area (TPSA) is 58.1 Å². The summed E-state index contributed by atoms with van der Waals surface area (Å²) in [7, 11) is 0. The van der Waals surface area contributed by atoms with Gasteiger partial charge in [0.15, 0.2) is 10.9 Å². The first-order valence-electron chi connectivity index (χ1n) is 8.34. The molecule has 1 unspecified atom stereocenters. The van der Waals surface area contributed by atoms with Crippen LogP contribution in [0.3, 0.4) is 0 Å². The van der Waals surface area contributed by atoms with Gasteiger partial charge in [-0.05, 0) is 31.0 Å². The van der Waals surface area contributed by atoms with Crippen molar-refractivity contribution in [1.29, 1.82) is 0 Å². The quantitative estimate of drug-likeness (QED) is 0.516. The lowest BCUT2D eigenvalue weighted by Gasteiger charge is -2.30. The van der Waals surface area contributed by atoms with Gasteiger partial charge < -0.3 is 5.32 Å². The standard InChI is InChI=1S/C18H22Cl2N4OS/c1-4-24(5-2)15(12-8-6-7-9-13(12)19)11-21-17(25)16-14(20)10-22-18(23-16)26-3/h6-10,15H,4-5,11H2,1-3H3,(H,21,25). The molecule has 0 radical (unpaired) electrons. The van der Waals surface area contributed by atoms with Crippen LogP contribution in [-0.4, -0.2) is 46.7 Å². The molecule has 0 saturated carbocycles. The van der Waals surface area contributed by atoms with Crippen molar-refractivity contribution in [3.63, 3.8) is 0 Å². The number of aromatic nitrogens is 2. The van der Waals surface area contributed by atoms with Crippen LogP contribution in [0.1, 0.15) is 35.9 Å². The first-order valence-corrected chi connectivity index (χ1v) is 10.3. The van der Waals surface area contributed by atoms with E-state index in [4.69, 9.17) is 23.2 Å². The molecular formula is C18H22Cl2N4OS. The zero-order valence-electron chi connectivity index (χ0n) is 15.0. The summed E-state index contributed by atoms with van der Waals surface area (Å²) in [5.74, 6) is -0.322. The summed E-state index contributed by atoms with van der Waals surface area (Å²) >= 11 is 13.8. The Hall–Kier alpha value is -1.34. The molecule has 1 amide bonds. The molecule has 0 saturated heterocycles. The number of hydrogen-bond acceptors (Lipinski definition) is 5.